The lowest BCUT2D eigenvalue weighted by atomic mass is 9.88. The first-order valence-electron chi connectivity index (χ1n) is 5.96. The number of nitrogens with one attached hydrogen (secondary N) is 1. The van der Waals surface area contributed by atoms with Gasteiger partial charge in [0.1, 0.15) is 10.7 Å². The van der Waals surface area contributed by atoms with Crippen LogP contribution in [-0.2, 0) is 10.0 Å². The fourth-order valence-corrected chi connectivity index (χ4v) is 2.77. The van der Waals surface area contributed by atoms with Crippen LogP contribution in [-0.4, -0.2) is 26.0 Å². The number of sulfonamides is 1. The normalized spacial score (nSPS) is 14.4. The SMILES string of the molecule is CC(C)(C)CC(N)CNS(=O)(=O)c1cncc(F)c1. The summed E-state index contributed by atoms with van der Waals surface area (Å²) in [5.74, 6) is -0.693. The number of aromatic nitrogens is 1. The van der Waals surface area contributed by atoms with E-state index in [1.165, 1.54) is 0 Å². The summed E-state index contributed by atoms with van der Waals surface area (Å²) in [6.07, 6.45) is 2.72. The van der Waals surface area contributed by atoms with Crippen molar-refractivity contribution in [2.45, 2.75) is 38.1 Å². The van der Waals surface area contributed by atoms with Gasteiger partial charge in [-0.3, -0.25) is 4.98 Å². The van der Waals surface area contributed by atoms with Crippen LogP contribution in [0.5, 0.6) is 0 Å². The van der Waals surface area contributed by atoms with Gasteiger partial charge in [0.2, 0.25) is 10.0 Å². The van der Waals surface area contributed by atoms with Gasteiger partial charge in [-0.1, -0.05) is 20.8 Å². The standard InChI is InChI=1S/C12H20FN3O2S/c1-12(2,3)5-10(14)7-16-19(17,18)11-4-9(13)6-15-8-11/h4,6,8,10,16H,5,7,14H2,1-3H3. The van der Waals surface area contributed by atoms with E-state index in [1.54, 1.807) is 0 Å². The molecule has 0 radical (unpaired) electrons. The summed E-state index contributed by atoms with van der Waals surface area (Å²) < 4.78 is 39.1. The Morgan fingerprint density at radius 2 is 2.05 bits per heavy atom. The molecule has 0 aliphatic carbocycles. The summed E-state index contributed by atoms with van der Waals surface area (Å²) in [6, 6.07) is 0.626. The molecule has 108 valence electrons. The van der Waals surface area contributed by atoms with Crippen LogP contribution < -0.4 is 10.5 Å². The van der Waals surface area contributed by atoms with Crippen LogP contribution in [0.1, 0.15) is 27.2 Å². The molecule has 0 fully saturated rings. The van der Waals surface area contributed by atoms with Gasteiger partial charge in [-0.2, -0.15) is 0 Å². The molecule has 19 heavy (non-hydrogen) atoms. The number of hydrogen-bond acceptors (Lipinski definition) is 4. The lowest BCUT2D eigenvalue weighted by molar-refractivity contribution is 0.338. The number of pyridine rings is 1. The van der Waals surface area contributed by atoms with Crippen LogP contribution in [0.3, 0.4) is 0 Å². The molecule has 1 aromatic rings. The maximum atomic E-state index is 12.9. The summed E-state index contributed by atoms with van der Waals surface area (Å²) in [5.41, 5.74) is 5.88. The summed E-state index contributed by atoms with van der Waals surface area (Å²) in [5, 5.41) is 0. The fraction of sp³-hybridized carbons (Fsp3) is 0.583. The minimum Gasteiger partial charge on any atom is -0.326 e. The Bertz CT molecular complexity index is 526. The maximum Gasteiger partial charge on any atom is 0.242 e. The topological polar surface area (TPSA) is 85.1 Å². The van der Waals surface area contributed by atoms with Crippen molar-refractivity contribution in [2.24, 2.45) is 11.1 Å². The molecule has 3 N–H and O–H groups in total. The van der Waals surface area contributed by atoms with Gasteiger partial charge in [-0.25, -0.2) is 17.5 Å². The Hall–Kier alpha value is -1.05. The predicted octanol–water partition coefficient (Wildman–Crippen LogP) is 1.26. The van der Waals surface area contributed by atoms with Crippen LogP contribution in [0.15, 0.2) is 23.4 Å². The van der Waals surface area contributed by atoms with Crippen molar-refractivity contribution in [1.82, 2.24) is 9.71 Å². The van der Waals surface area contributed by atoms with Crippen molar-refractivity contribution >= 4 is 10.0 Å². The molecule has 1 heterocycles. The molecule has 0 bridgehead atoms. The minimum absolute atomic E-state index is 0.0191. The average Bonchev–Trinajstić information content (AvgIpc) is 2.24. The minimum atomic E-state index is -3.77. The Balaban J connectivity index is 2.66. The Morgan fingerprint density at radius 1 is 1.42 bits per heavy atom. The summed E-state index contributed by atoms with van der Waals surface area (Å²) in [4.78, 5) is 3.31. The van der Waals surface area contributed by atoms with Gasteiger partial charge in [0.05, 0.1) is 6.20 Å². The van der Waals surface area contributed by atoms with E-state index in [4.69, 9.17) is 5.73 Å². The van der Waals surface area contributed by atoms with Gasteiger partial charge in [-0.05, 0) is 17.9 Å². The molecular formula is C12H20FN3O2S. The number of nitrogens with zero attached hydrogens (tertiary/aromatic N) is 1. The van der Waals surface area contributed by atoms with Gasteiger partial charge in [0.15, 0.2) is 0 Å². The summed E-state index contributed by atoms with van der Waals surface area (Å²) in [7, 11) is -3.77. The third kappa shape index (κ3) is 5.63. The fourth-order valence-electron chi connectivity index (χ4n) is 1.70. The molecule has 0 amide bonds. The predicted molar refractivity (Wildman–Crippen MR) is 71.4 cm³/mol. The monoisotopic (exact) mass is 289 g/mol. The van der Waals surface area contributed by atoms with E-state index in [1.807, 2.05) is 20.8 Å². The number of hydrogen-bond donors (Lipinski definition) is 2. The van der Waals surface area contributed by atoms with Crippen LogP contribution in [0.4, 0.5) is 4.39 Å². The van der Waals surface area contributed by atoms with E-state index < -0.39 is 15.8 Å². The van der Waals surface area contributed by atoms with E-state index in [0.29, 0.717) is 6.42 Å². The quantitative estimate of drug-likeness (QED) is 0.854. The number of nitrogens with two attached hydrogens (primary N) is 1. The van der Waals surface area contributed by atoms with E-state index in [2.05, 4.69) is 9.71 Å². The first kappa shape index (κ1) is 16.0. The Kier molecular flexibility index (Phi) is 5.00. The number of rotatable bonds is 5. The third-order valence-electron chi connectivity index (χ3n) is 2.40. The lowest BCUT2D eigenvalue weighted by Crippen LogP contribution is -2.39. The van der Waals surface area contributed by atoms with Crippen LogP contribution >= 0.6 is 0 Å². The molecule has 1 rings (SSSR count). The number of halogens is 1. The lowest BCUT2D eigenvalue weighted by Gasteiger charge is -2.23. The van der Waals surface area contributed by atoms with E-state index in [9.17, 15) is 12.8 Å². The zero-order valence-electron chi connectivity index (χ0n) is 11.4. The highest BCUT2D eigenvalue weighted by atomic mass is 32.2. The first-order valence-corrected chi connectivity index (χ1v) is 7.44. The van der Waals surface area contributed by atoms with Crippen molar-refractivity contribution < 1.29 is 12.8 Å². The third-order valence-corrected chi connectivity index (χ3v) is 3.79. The highest BCUT2D eigenvalue weighted by Crippen LogP contribution is 2.19. The second kappa shape index (κ2) is 5.94. The van der Waals surface area contributed by atoms with Crippen LogP contribution in [0.25, 0.3) is 0 Å². The highest BCUT2D eigenvalue weighted by molar-refractivity contribution is 7.89. The van der Waals surface area contributed by atoms with Crippen molar-refractivity contribution in [1.29, 1.82) is 0 Å². The van der Waals surface area contributed by atoms with E-state index in [0.717, 1.165) is 18.5 Å². The van der Waals surface area contributed by atoms with Crippen molar-refractivity contribution in [3.05, 3.63) is 24.3 Å². The molecule has 0 aliphatic rings. The molecule has 0 aliphatic heterocycles. The van der Waals surface area contributed by atoms with Gasteiger partial charge in [-0.15, -0.1) is 0 Å². The van der Waals surface area contributed by atoms with Crippen LogP contribution in [0, 0.1) is 11.2 Å². The second-order valence-corrected chi connectivity index (χ2v) is 7.48. The molecule has 5 nitrogen and oxygen atoms in total. The molecule has 7 heteroatoms. The molecular weight excluding hydrogens is 269 g/mol. The Labute approximate surface area is 113 Å². The van der Waals surface area contributed by atoms with Crippen LogP contribution in [0.2, 0.25) is 0 Å². The highest BCUT2D eigenvalue weighted by Gasteiger charge is 2.19. The van der Waals surface area contributed by atoms with Crippen molar-refractivity contribution in [2.75, 3.05) is 6.54 Å². The Morgan fingerprint density at radius 3 is 2.58 bits per heavy atom. The molecule has 0 saturated heterocycles. The van der Waals surface area contributed by atoms with Gasteiger partial charge in [0.25, 0.3) is 0 Å². The average molecular weight is 289 g/mol. The molecule has 0 saturated carbocycles. The molecule has 1 aromatic heterocycles. The molecule has 0 spiro atoms. The van der Waals surface area contributed by atoms with E-state index in [-0.39, 0.29) is 22.9 Å². The van der Waals surface area contributed by atoms with Gasteiger partial charge < -0.3 is 5.73 Å². The summed E-state index contributed by atoms with van der Waals surface area (Å²) >= 11 is 0. The second-order valence-electron chi connectivity index (χ2n) is 5.72. The zero-order valence-corrected chi connectivity index (χ0v) is 12.2. The largest absolute Gasteiger partial charge is 0.326 e. The van der Waals surface area contributed by atoms with Crippen molar-refractivity contribution in [3.63, 3.8) is 0 Å². The molecule has 1 atom stereocenters. The van der Waals surface area contributed by atoms with E-state index >= 15 is 0 Å². The molecule has 0 aromatic carbocycles. The van der Waals surface area contributed by atoms with Crippen molar-refractivity contribution in [3.8, 4) is 0 Å². The zero-order chi connectivity index (χ0) is 14.7. The molecule has 1 unspecified atom stereocenters. The smallest absolute Gasteiger partial charge is 0.242 e. The first-order chi connectivity index (χ1) is 8.60. The van der Waals surface area contributed by atoms with Gasteiger partial charge in [0, 0.05) is 18.8 Å². The maximum absolute atomic E-state index is 12.9. The van der Waals surface area contributed by atoms with Gasteiger partial charge >= 0.3 is 0 Å². The summed E-state index contributed by atoms with van der Waals surface area (Å²) in [6.45, 7) is 6.18.